The zero-order chi connectivity index (χ0) is 13.5. The number of hydrogen-bond acceptors (Lipinski definition) is 4. The number of hydrazine groups is 1. The highest BCUT2D eigenvalue weighted by Crippen LogP contribution is 2.30. The Kier molecular flexibility index (Phi) is 6.43. The highest BCUT2D eigenvalue weighted by atomic mass is 35.5. The van der Waals surface area contributed by atoms with E-state index in [1.807, 2.05) is 19.1 Å². The number of ether oxygens (including phenoxy) is 2. The first-order valence-corrected chi connectivity index (χ1v) is 6.32. The van der Waals surface area contributed by atoms with Gasteiger partial charge in [-0.15, -0.1) is 0 Å². The molecule has 0 bridgehead atoms. The van der Waals surface area contributed by atoms with Crippen LogP contribution in [0.25, 0.3) is 0 Å². The molecule has 2 unspecified atom stereocenters. The molecule has 1 aromatic rings. The van der Waals surface area contributed by atoms with Gasteiger partial charge in [-0.25, -0.2) is 0 Å². The van der Waals surface area contributed by atoms with E-state index in [2.05, 4.69) is 5.43 Å². The van der Waals surface area contributed by atoms with Crippen molar-refractivity contribution >= 4 is 11.6 Å². The molecule has 102 valence electrons. The maximum atomic E-state index is 6.02. The highest BCUT2D eigenvalue weighted by molar-refractivity contribution is 6.30. The Bertz CT molecular complexity index is 374. The van der Waals surface area contributed by atoms with Crippen LogP contribution < -0.4 is 16.0 Å². The molecule has 0 radical (unpaired) electrons. The van der Waals surface area contributed by atoms with Crippen LogP contribution in [0.5, 0.6) is 5.75 Å². The van der Waals surface area contributed by atoms with Gasteiger partial charge in [-0.3, -0.25) is 11.3 Å². The van der Waals surface area contributed by atoms with Crippen LogP contribution in [0.15, 0.2) is 18.2 Å². The molecule has 3 N–H and O–H groups in total. The summed E-state index contributed by atoms with van der Waals surface area (Å²) in [5.74, 6) is 6.40. The summed E-state index contributed by atoms with van der Waals surface area (Å²) >= 11 is 6.02. The van der Waals surface area contributed by atoms with E-state index in [4.69, 9.17) is 26.9 Å². The summed E-state index contributed by atoms with van der Waals surface area (Å²) in [6, 6.07) is 5.52. The smallest absolute Gasteiger partial charge is 0.123 e. The van der Waals surface area contributed by atoms with Crippen molar-refractivity contribution in [1.29, 1.82) is 0 Å². The van der Waals surface area contributed by atoms with Crippen molar-refractivity contribution in [3.63, 3.8) is 0 Å². The maximum Gasteiger partial charge on any atom is 0.123 e. The zero-order valence-electron chi connectivity index (χ0n) is 11.1. The first-order valence-electron chi connectivity index (χ1n) is 5.94. The maximum absolute atomic E-state index is 6.02. The van der Waals surface area contributed by atoms with Crippen LogP contribution in [0.2, 0.25) is 5.02 Å². The van der Waals surface area contributed by atoms with Gasteiger partial charge < -0.3 is 9.47 Å². The van der Waals surface area contributed by atoms with Gasteiger partial charge >= 0.3 is 0 Å². The second-order valence-corrected chi connectivity index (χ2v) is 4.67. The van der Waals surface area contributed by atoms with Gasteiger partial charge in [0.15, 0.2) is 0 Å². The second kappa shape index (κ2) is 7.59. The van der Waals surface area contributed by atoms with Gasteiger partial charge in [0.25, 0.3) is 0 Å². The van der Waals surface area contributed by atoms with Crippen molar-refractivity contribution in [2.24, 2.45) is 5.84 Å². The SMILES string of the molecule is COc1ccc(Cl)cc1C(CCC(C)OC)NN. The van der Waals surface area contributed by atoms with E-state index in [9.17, 15) is 0 Å². The summed E-state index contributed by atoms with van der Waals surface area (Å²) < 4.78 is 10.6. The molecule has 1 rings (SSSR count). The third-order valence-electron chi connectivity index (χ3n) is 3.03. The Hall–Kier alpha value is -0.810. The summed E-state index contributed by atoms with van der Waals surface area (Å²) in [7, 11) is 3.34. The monoisotopic (exact) mass is 272 g/mol. The van der Waals surface area contributed by atoms with Crippen molar-refractivity contribution in [2.75, 3.05) is 14.2 Å². The average Bonchev–Trinajstić information content (AvgIpc) is 2.39. The van der Waals surface area contributed by atoms with Gasteiger partial charge in [-0.05, 0) is 38.0 Å². The lowest BCUT2D eigenvalue weighted by Gasteiger charge is -2.20. The van der Waals surface area contributed by atoms with E-state index < -0.39 is 0 Å². The molecule has 0 saturated heterocycles. The average molecular weight is 273 g/mol. The Morgan fingerprint density at radius 2 is 2.06 bits per heavy atom. The van der Waals surface area contributed by atoms with Crippen molar-refractivity contribution in [1.82, 2.24) is 5.43 Å². The Labute approximate surface area is 113 Å². The Morgan fingerprint density at radius 1 is 1.33 bits per heavy atom. The lowest BCUT2D eigenvalue weighted by atomic mass is 10.00. The minimum absolute atomic E-state index is 0.00347. The summed E-state index contributed by atoms with van der Waals surface area (Å²) in [5.41, 5.74) is 3.77. The number of methoxy groups -OCH3 is 2. The van der Waals surface area contributed by atoms with Crippen LogP contribution >= 0.6 is 11.6 Å². The van der Waals surface area contributed by atoms with Crippen molar-refractivity contribution < 1.29 is 9.47 Å². The van der Waals surface area contributed by atoms with E-state index in [0.29, 0.717) is 5.02 Å². The molecule has 18 heavy (non-hydrogen) atoms. The highest BCUT2D eigenvalue weighted by Gasteiger charge is 2.16. The number of halogens is 1. The molecule has 5 heteroatoms. The largest absolute Gasteiger partial charge is 0.496 e. The normalized spacial score (nSPS) is 14.3. The molecule has 0 heterocycles. The fraction of sp³-hybridized carbons (Fsp3) is 0.538. The topological polar surface area (TPSA) is 56.5 Å². The van der Waals surface area contributed by atoms with E-state index in [-0.39, 0.29) is 12.1 Å². The molecule has 0 saturated carbocycles. The fourth-order valence-electron chi connectivity index (χ4n) is 1.83. The minimum atomic E-state index is -0.00347. The molecule has 0 aliphatic rings. The molecule has 4 nitrogen and oxygen atoms in total. The van der Waals surface area contributed by atoms with Crippen LogP contribution in [-0.4, -0.2) is 20.3 Å². The number of hydrogen-bond donors (Lipinski definition) is 2. The van der Waals surface area contributed by atoms with E-state index >= 15 is 0 Å². The van der Waals surface area contributed by atoms with E-state index in [1.165, 1.54) is 0 Å². The zero-order valence-corrected chi connectivity index (χ0v) is 11.8. The number of nitrogens with two attached hydrogens (primary N) is 1. The molecule has 2 atom stereocenters. The second-order valence-electron chi connectivity index (χ2n) is 4.23. The first kappa shape index (κ1) is 15.2. The molecule has 0 fully saturated rings. The summed E-state index contributed by atoms with van der Waals surface area (Å²) in [6.07, 6.45) is 1.95. The van der Waals surface area contributed by atoms with Crippen LogP contribution in [-0.2, 0) is 4.74 Å². The molecule has 0 aliphatic heterocycles. The van der Waals surface area contributed by atoms with Crippen molar-refractivity contribution in [3.05, 3.63) is 28.8 Å². The summed E-state index contributed by atoms with van der Waals surface area (Å²) in [5, 5.41) is 0.672. The number of benzene rings is 1. The minimum Gasteiger partial charge on any atom is -0.496 e. The third-order valence-corrected chi connectivity index (χ3v) is 3.27. The third kappa shape index (κ3) is 4.14. The first-order chi connectivity index (χ1) is 8.62. The van der Waals surface area contributed by atoms with Crippen LogP contribution in [0.3, 0.4) is 0 Å². The molecular formula is C13H21ClN2O2. The Balaban J connectivity index is 2.83. The molecular weight excluding hydrogens is 252 g/mol. The van der Waals surface area contributed by atoms with Gasteiger partial charge in [0, 0.05) is 23.7 Å². The van der Waals surface area contributed by atoms with Crippen LogP contribution in [0.1, 0.15) is 31.4 Å². The predicted octanol–water partition coefficient (Wildman–Crippen LogP) is 2.67. The van der Waals surface area contributed by atoms with Gasteiger partial charge in [-0.1, -0.05) is 11.6 Å². The number of rotatable bonds is 7. The van der Waals surface area contributed by atoms with Gasteiger partial charge in [-0.2, -0.15) is 0 Å². The molecule has 0 aromatic heterocycles. The molecule has 0 spiro atoms. The summed E-state index contributed by atoms with van der Waals surface area (Å²) in [4.78, 5) is 0. The Morgan fingerprint density at radius 3 is 2.61 bits per heavy atom. The molecule has 0 aliphatic carbocycles. The molecule has 1 aromatic carbocycles. The number of nitrogens with one attached hydrogen (secondary N) is 1. The van der Waals surface area contributed by atoms with E-state index in [0.717, 1.165) is 24.2 Å². The lowest BCUT2D eigenvalue weighted by molar-refractivity contribution is 0.106. The lowest BCUT2D eigenvalue weighted by Crippen LogP contribution is -2.29. The van der Waals surface area contributed by atoms with Crippen LogP contribution in [0, 0.1) is 0 Å². The van der Waals surface area contributed by atoms with Gasteiger partial charge in [0.2, 0.25) is 0 Å². The van der Waals surface area contributed by atoms with E-state index in [1.54, 1.807) is 20.3 Å². The van der Waals surface area contributed by atoms with Crippen molar-refractivity contribution in [3.8, 4) is 5.75 Å². The van der Waals surface area contributed by atoms with Crippen molar-refractivity contribution in [2.45, 2.75) is 31.9 Å². The standard InChI is InChI=1S/C13H21ClN2O2/c1-9(17-2)4-6-12(16-15)11-8-10(14)5-7-13(11)18-3/h5,7-9,12,16H,4,6,15H2,1-3H3. The summed E-state index contributed by atoms with van der Waals surface area (Å²) in [6.45, 7) is 2.03. The molecule has 0 amide bonds. The predicted molar refractivity (Wildman–Crippen MR) is 73.8 cm³/mol. The fourth-order valence-corrected chi connectivity index (χ4v) is 2.01. The quantitative estimate of drug-likeness (QED) is 0.592. The van der Waals surface area contributed by atoms with Crippen LogP contribution in [0.4, 0.5) is 0 Å². The van der Waals surface area contributed by atoms with Gasteiger partial charge in [0.05, 0.1) is 13.2 Å². The van der Waals surface area contributed by atoms with Gasteiger partial charge in [0.1, 0.15) is 5.75 Å².